The number of nitrogens with zero attached hydrogens (tertiary/aromatic N) is 6. The largest absolute Gasteiger partial charge is 0.349 e. The van der Waals surface area contributed by atoms with Gasteiger partial charge in [-0.2, -0.15) is 14.7 Å². The number of anilines is 1. The number of fused-ring (bicyclic) bond motifs is 1. The molecule has 3 aromatic rings. The van der Waals surface area contributed by atoms with Gasteiger partial charge in [0, 0.05) is 30.4 Å². The van der Waals surface area contributed by atoms with Crippen molar-refractivity contribution in [3.05, 3.63) is 38.8 Å². The molecule has 3 aromatic heterocycles. The van der Waals surface area contributed by atoms with Crippen LogP contribution >= 0.6 is 27.5 Å². The highest BCUT2D eigenvalue weighted by Gasteiger charge is 2.33. The summed E-state index contributed by atoms with van der Waals surface area (Å²) in [5.74, 6) is 1.55. The van der Waals surface area contributed by atoms with Gasteiger partial charge in [0.15, 0.2) is 5.65 Å². The highest BCUT2D eigenvalue weighted by Crippen LogP contribution is 2.41. The summed E-state index contributed by atoms with van der Waals surface area (Å²) >= 11 is 10.3. The van der Waals surface area contributed by atoms with E-state index in [1.165, 1.54) is 0 Å². The predicted molar refractivity (Wildman–Crippen MR) is 112 cm³/mol. The first-order chi connectivity index (χ1) is 12.9. The molecule has 1 aliphatic heterocycles. The summed E-state index contributed by atoms with van der Waals surface area (Å²) < 4.78 is 4.77. The Morgan fingerprint density at radius 1 is 1.33 bits per heavy atom. The minimum atomic E-state index is 0.200. The van der Waals surface area contributed by atoms with Crippen LogP contribution in [-0.4, -0.2) is 30.9 Å². The van der Waals surface area contributed by atoms with Gasteiger partial charge in [-0.25, -0.2) is 4.98 Å². The molecular weight excluding hydrogens is 428 g/mol. The second-order valence-electron chi connectivity index (χ2n) is 7.70. The summed E-state index contributed by atoms with van der Waals surface area (Å²) in [5.41, 5.74) is 3.97. The molecule has 1 fully saturated rings. The quantitative estimate of drug-likeness (QED) is 0.563. The van der Waals surface area contributed by atoms with Crippen LogP contribution in [0.5, 0.6) is 0 Å². The van der Waals surface area contributed by atoms with Crippen molar-refractivity contribution in [2.75, 3.05) is 11.4 Å². The molecule has 0 amide bonds. The zero-order valence-electron chi connectivity index (χ0n) is 16.1. The van der Waals surface area contributed by atoms with E-state index in [0.717, 1.165) is 64.0 Å². The van der Waals surface area contributed by atoms with Crippen LogP contribution in [0.4, 0.5) is 5.82 Å². The molecule has 1 atom stereocenters. The van der Waals surface area contributed by atoms with Crippen LogP contribution in [0.1, 0.15) is 49.7 Å². The maximum atomic E-state index is 6.79. The van der Waals surface area contributed by atoms with Gasteiger partial charge >= 0.3 is 0 Å². The lowest BCUT2D eigenvalue weighted by atomic mass is 10.1. The molecule has 6 nitrogen and oxygen atoms in total. The van der Waals surface area contributed by atoms with Gasteiger partial charge in [-0.05, 0) is 48.5 Å². The third kappa shape index (κ3) is 3.25. The number of hydrogen-bond donors (Lipinski definition) is 0. The third-order valence-corrected chi connectivity index (χ3v) is 6.02. The molecule has 1 unspecified atom stereocenters. The molecule has 8 heteroatoms. The van der Waals surface area contributed by atoms with Crippen LogP contribution < -0.4 is 4.90 Å². The van der Waals surface area contributed by atoms with E-state index in [2.05, 4.69) is 57.8 Å². The van der Waals surface area contributed by atoms with Crippen molar-refractivity contribution in [3.8, 4) is 0 Å². The fraction of sp³-hybridized carbons (Fsp3) is 0.526. The minimum Gasteiger partial charge on any atom is -0.349 e. The molecule has 1 saturated heterocycles. The molecule has 4 heterocycles. The predicted octanol–water partition coefficient (Wildman–Crippen LogP) is 4.96. The maximum absolute atomic E-state index is 6.79. The van der Waals surface area contributed by atoms with Gasteiger partial charge in [0.25, 0.3) is 0 Å². The minimum absolute atomic E-state index is 0.200. The lowest BCUT2D eigenvalue weighted by Gasteiger charge is -2.27. The van der Waals surface area contributed by atoms with Gasteiger partial charge < -0.3 is 4.90 Å². The zero-order valence-corrected chi connectivity index (χ0v) is 18.4. The highest BCUT2D eigenvalue weighted by atomic mass is 79.9. The average Bonchev–Trinajstić information content (AvgIpc) is 3.27. The first-order valence-corrected chi connectivity index (χ1v) is 10.5. The van der Waals surface area contributed by atoms with Crippen LogP contribution in [0, 0.1) is 19.8 Å². The van der Waals surface area contributed by atoms with Crippen LogP contribution in [0.2, 0.25) is 5.15 Å². The number of hydrogen-bond acceptors (Lipinski definition) is 4. The van der Waals surface area contributed by atoms with Gasteiger partial charge in [-0.15, -0.1) is 0 Å². The van der Waals surface area contributed by atoms with Crippen LogP contribution in [-0.2, 0) is 6.54 Å². The fourth-order valence-electron chi connectivity index (χ4n) is 4.00. The first kappa shape index (κ1) is 18.7. The van der Waals surface area contributed by atoms with Crippen molar-refractivity contribution >= 4 is 39.0 Å². The fourth-order valence-corrected chi connectivity index (χ4v) is 4.71. The van der Waals surface area contributed by atoms with E-state index in [1.807, 2.05) is 16.1 Å². The van der Waals surface area contributed by atoms with Gasteiger partial charge in [-0.3, -0.25) is 4.68 Å². The van der Waals surface area contributed by atoms with Gasteiger partial charge in [0.05, 0.1) is 22.4 Å². The van der Waals surface area contributed by atoms with Crippen LogP contribution in [0.25, 0.3) is 5.65 Å². The van der Waals surface area contributed by atoms with E-state index < -0.39 is 0 Å². The van der Waals surface area contributed by atoms with Gasteiger partial charge in [-0.1, -0.05) is 25.4 Å². The standard InChI is InChI=1S/C19H24BrClN6/c1-11(2)10-26-18(21)17(13(4)24-26)15-6-5-7-25(15)16-8-12(3)23-19-14(20)9-22-27(16)19/h8-9,11,15H,5-7,10H2,1-4H3. The first-order valence-electron chi connectivity index (χ1n) is 9.37. The second kappa shape index (κ2) is 7.09. The lowest BCUT2D eigenvalue weighted by molar-refractivity contribution is 0.481. The van der Waals surface area contributed by atoms with Crippen molar-refractivity contribution in [1.82, 2.24) is 24.4 Å². The molecule has 144 valence electrons. The number of rotatable bonds is 4. The molecule has 4 rings (SSSR count). The van der Waals surface area contributed by atoms with Crippen molar-refractivity contribution in [2.45, 2.75) is 53.1 Å². The Bertz CT molecular complexity index is 992. The molecule has 0 bridgehead atoms. The Balaban J connectivity index is 1.80. The molecule has 0 radical (unpaired) electrons. The Hall–Kier alpha value is -1.60. The Labute approximate surface area is 172 Å². The molecule has 27 heavy (non-hydrogen) atoms. The molecule has 0 N–H and O–H groups in total. The Morgan fingerprint density at radius 2 is 2.11 bits per heavy atom. The molecule has 0 saturated carbocycles. The van der Waals surface area contributed by atoms with Crippen molar-refractivity contribution < 1.29 is 0 Å². The molecule has 0 spiro atoms. The highest BCUT2D eigenvalue weighted by molar-refractivity contribution is 9.10. The second-order valence-corrected chi connectivity index (χ2v) is 8.91. The zero-order chi connectivity index (χ0) is 19.3. The summed E-state index contributed by atoms with van der Waals surface area (Å²) in [7, 11) is 0. The van der Waals surface area contributed by atoms with E-state index >= 15 is 0 Å². The summed E-state index contributed by atoms with van der Waals surface area (Å²) in [4.78, 5) is 7.02. The topological polar surface area (TPSA) is 51.2 Å². The smallest absolute Gasteiger partial charge is 0.171 e. The summed E-state index contributed by atoms with van der Waals surface area (Å²) in [5, 5.41) is 10.0. The van der Waals surface area contributed by atoms with Crippen LogP contribution in [0.3, 0.4) is 0 Å². The van der Waals surface area contributed by atoms with Gasteiger partial charge in [0.1, 0.15) is 11.0 Å². The van der Waals surface area contributed by atoms with Crippen LogP contribution in [0.15, 0.2) is 16.7 Å². The summed E-state index contributed by atoms with van der Waals surface area (Å²) in [6, 6.07) is 2.30. The maximum Gasteiger partial charge on any atom is 0.171 e. The SMILES string of the molecule is Cc1cc(N2CCCC2c2c(C)nn(CC(C)C)c2Cl)n2ncc(Br)c2n1. The molecule has 1 aliphatic rings. The monoisotopic (exact) mass is 450 g/mol. The molecule has 0 aliphatic carbocycles. The number of halogens is 2. The van der Waals surface area contributed by atoms with E-state index in [-0.39, 0.29) is 6.04 Å². The van der Waals surface area contributed by atoms with Crippen molar-refractivity contribution in [1.29, 1.82) is 0 Å². The summed E-state index contributed by atoms with van der Waals surface area (Å²) in [6.07, 6.45) is 3.97. The summed E-state index contributed by atoms with van der Waals surface area (Å²) in [6.45, 7) is 10.2. The van der Waals surface area contributed by atoms with E-state index in [1.54, 1.807) is 6.20 Å². The number of aromatic nitrogens is 5. The van der Waals surface area contributed by atoms with Crippen molar-refractivity contribution in [3.63, 3.8) is 0 Å². The average molecular weight is 452 g/mol. The van der Waals surface area contributed by atoms with Gasteiger partial charge in [0.2, 0.25) is 0 Å². The number of aryl methyl sites for hydroxylation is 2. The Kier molecular flexibility index (Phi) is 4.93. The third-order valence-electron chi connectivity index (χ3n) is 5.07. The molecular formula is C19H24BrClN6. The normalized spacial score (nSPS) is 17.6. The molecule has 0 aromatic carbocycles. The van der Waals surface area contributed by atoms with E-state index in [4.69, 9.17) is 16.7 Å². The van der Waals surface area contributed by atoms with E-state index in [0.29, 0.717) is 5.92 Å². The van der Waals surface area contributed by atoms with E-state index in [9.17, 15) is 0 Å². The van der Waals surface area contributed by atoms with Crippen molar-refractivity contribution in [2.24, 2.45) is 5.92 Å². The Morgan fingerprint density at radius 3 is 2.85 bits per heavy atom. The lowest BCUT2D eigenvalue weighted by Crippen LogP contribution is -2.26.